The number of rotatable bonds is 5. The number of carbonyl (C=O) groups is 1. The van der Waals surface area contributed by atoms with Crippen LogP contribution in [-0.4, -0.2) is 25.5 Å². The van der Waals surface area contributed by atoms with Gasteiger partial charge in [0, 0.05) is 22.0 Å². The summed E-state index contributed by atoms with van der Waals surface area (Å²) in [5.74, 6) is -0.0571. The Bertz CT molecular complexity index is 1470. The highest BCUT2D eigenvalue weighted by Gasteiger charge is 2.30. The second kappa shape index (κ2) is 8.15. The van der Waals surface area contributed by atoms with Crippen LogP contribution in [0.15, 0.2) is 47.4 Å². The second-order valence-electron chi connectivity index (χ2n) is 8.74. The maximum Gasteiger partial charge on any atom is 0.293 e. The van der Waals surface area contributed by atoms with Crippen molar-refractivity contribution in [2.75, 3.05) is 5.32 Å². The Balaban J connectivity index is 1.56. The number of hydrogen-bond acceptors (Lipinski definition) is 4. The lowest BCUT2D eigenvalue weighted by Crippen LogP contribution is -2.31. The maximum atomic E-state index is 13.5. The first-order valence-electron chi connectivity index (χ1n) is 10.9. The fourth-order valence-electron chi connectivity index (χ4n) is 4.09. The first-order chi connectivity index (χ1) is 15.8. The predicted molar refractivity (Wildman–Crippen MR) is 129 cm³/mol. The molecule has 1 N–H and O–H groups in total. The van der Waals surface area contributed by atoms with Crippen molar-refractivity contribution in [1.82, 2.24) is 19.6 Å². The second-order valence-corrected chi connectivity index (χ2v) is 9.15. The summed E-state index contributed by atoms with van der Waals surface area (Å²) in [6.45, 7) is 5.72. The summed E-state index contributed by atoms with van der Waals surface area (Å²) in [5.41, 5.74) is 5.43. The minimum Gasteiger partial charge on any atom is -0.324 e. The molecule has 1 aliphatic carbocycles. The Hall–Kier alpha value is -3.45. The zero-order valence-corrected chi connectivity index (χ0v) is 19.5. The monoisotopic (exact) mass is 461 g/mol. The predicted octanol–water partition coefficient (Wildman–Crippen LogP) is 4.68. The molecule has 0 aliphatic heterocycles. The van der Waals surface area contributed by atoms with E-state index in [1.54, 1.807) is 23.0 Å². The fraction of sp³-hybridized carbons (Fsp3) is 0.280. The van der Waals surface area contributed by atoms with Crippen LogP contribution in [0.1, 0.15) is 41.1 Å². The van der Waals surface area contributed by atoms with Crippen molar-refractivity contribution in [1.29, 1.82) is 0 Å². The molecule has 33 heavy (non-hydrogen) atoms. The molecule has 7 nitrogen and oxygen atoms in total. The van der Waals surface area contributed by atoms with Crippen LogP contribution in [0, 0.1) is 20.8 Å². The standard InChI is InChI=1S/C25H24ClN5O2/c1-14-4-9-21(16(3)10-14)31-24-19(12-27-31)23(17-6-7-17)29-30(25(24)33)13-22(32)28-18-8-5-15(2)20(26)11-18/h4-5,8-12,17H,6-7,13H2,1-3H3,(H,28,32). The number of nitrogens with one attached hydrogen (secondary N) is 1. The number of amides is 1. The number of anilines is 1. The normalized spacial score (nSPS) is 13.5. The van der Waals surface area contributed by atoms with Crippen molar-refractivity contribution in [2.24, 2.45) is 0 Å². The molecule has 1 amide bonds. The van der Waals surface area contributed by atoms with E-state index in [1.807, 2.05) is 39.0 Å². The van der Waals surface area contributed by atoms with Gasteiger partial charge in [-0.15, -0.1) is 0 Å². The van der Waals surface area contributed by atoms with Gasteiger partial charge in [0.25, 0.3) is 5.56 Å². The van der Waals surface area contributed by atoms with Crippen LogP contribution in [0.4, 0.5) is 5.69 Å². The molecule has 0 unspecified atom stereocenters. The van der Waals surface area contributed by atoms with Gasteiger partial charge in [0.05, 0.1) is 17.6 Å². The molecular formula is C25H24ClN5O2. The van der Waals surface area contributed by atoms with Gasteiger partial charge in [0.1, 0.15) is 12.1 Å². The van der Waals surface area contributed by atoms with Gasteiger partial charge in [-0.25, -0.2) is 9.36 Å². The van der Waals surface area contributed by atoms with E-state index in [1.165, 1.54) is 4.68 Å². The number of aromatic nitrogens is 4. The summed E-state index contributed by atoms with van der Waals surface area (Å²) in [4.78, 5) is 26.3. The fourth-order valence-corrected chi connectivity index (χ4v) is 4.27. The number of benzene rings is 2. The highest BCUT2D eigenvalue weighted by Crippen LogP contribution is 2.41. The Morgan fingerprint density at radius 3 is 2.61 bits per heavy atom. The van der Waals surface area contributed by atoms with Crippen LogP contribution in [0.25, 0.3) is 16.6 Å². The first kappa shape index (κ1) is 21.4. The smallest absolute Gasteiger partial charge is 0.293 e. The summed E-state index contributed by atoms with van der Waals surface area (Å²) in [5, 5.41) is 13.3. The van der Waals surface area contributed by atoms with Crippen molar-refractivity contribution in [3.63, 3.8) is 0 Å². The highest BCUT2D eigenvalue weighted by molar-refractivity contribution is 6.31. The van der Waals surface area contributed by atoms with Crippen molar-refractivity contribution in [2.45, 2.75) is 46.1 Å². The number of nitrogens with zero attached hydrogens (tertiary/aromatic N) is 4. The molecule has 168 valence electrons. The Morgan fingerprint density at radius 2 is 1.91 bits per heavy atom. The zero-order chi connectivity index (χ0) is 23.3. The molecule has 0 atom stereocenters. The van der Waals surface area contributed by atoms with E-state index in [0.29, 0.717) is 16.2 Å². The largest absolute Gasteiger partial charge is 0.324 e. The molecule has 2 aromatic heterocycles. The van der Waals surface area contributed by atoms with Crippen molar-refractivity contribution in [3.05, 3.63) is 80.4 Å². The van der Waals surface area contributed by atoms with Crippen molar-refractivity contribution in [3.8, 4) is 5.69 Å². The van der Waals surface area contributed by atoms with E-state index in [0.717, 1.165) is 46.3 Å². The molecule has 8 heteroatoms. The molecule has 0 radical (unpaired) electrons. The molecule has 4 aromatic rings. The van der Waals surface area contributed by atoms with E-state index in [-0.39, 0.29) is 23.9 Å². The summed E-state index contributed by atoms with van der Waals surface area (Å²) in [6, 6.07) is 11.3. The van der Waals surface area contributed by atoms with Gasteiger partial charge in [-0.1, -0.05) is 35.4 Å². The van der Waals surface area contributed by atoms with E-state index in [9.17, 15) is 9.59 Å². The zero-order valence-electron chi connectivity index (χ0n) is 18.7. The number of hydrogen-bond donors (Lipinski definition) is 1. The van der Waals surface area contributed by atoms with Crippen molar-refractivity contribution >= 4 is 34.1 Å². The first-order valence-corrected chi connectivity index (χ1v) is 11.3. The minimum atomic E-state index is -0.344. The van der Waals surface area contributed by atoms with Gasteiger partial charge in [0.15, 0.2) is 0 Å². The molecule has 1 fully saturated rings. The van der Waals surface area contributed by atoms with E-state index in [2.05, 4.69) is 21.6 Å². The Labute approximate surface area is 196 Å². The molecule has 2 aromatic carbocycles. The quantitative estimate of drug-likeness (QED) is 0.468. The van der Waals surface area contributed by atoms with Gasteiger partial charge >= 0.3 is 0 Å². The third kappa shape index (κ3) is 4.04. The highest BCUT2D eigenvalue weighted by atomic mass is 35.5. The third-order valence-corrected chi connectivity index (χ3v) is 6.41. The molecule has 5 rings (SSSR count). The molecule has 0 spiro atoms. The van der Waals surface area contributed by atoms with Gasteiger partial charge in [-0.3, -0.25) is 9.59 Å². The number of halogens is 1. The molecule has 2 heterocycles. The van der Waals surface area contributed by atoms with Crippen LogP contribution in [0.2, 0.25) is 5.02 Å². The van der Waals surface area contributed by atoms with Gasteiger partial charge in [-0.05, 0) is 62.9 Å². The molecule has 1 saturated carbocycles. The summed E-state index contributed by atoms with van der Waals surface area (Å²) in [6.07, 6.45) is 3.75. The molecular weight excluding hydrogens is 438 g/mol. The van der Waals surface area contributed by atoms with Crippen molar-refractivity contribution < 1.29 is 4.79 Å². The topological polar surface area (TPSA) is 81.8 Å². The average molecular weight is 462 g/mol. The number of aryl methyl sites for hydroxylation is 3. The average Bonchev–Trinajstić information content (AvgIpc) is 3.51. The van der Waals surface area contributed by atoms with Gasteiger partial charge < -0.3 is 5.32 Å². The summed E-state index contributed by atoms with van der Waals surface area (Å²) in [7, 11) is 0. The minimum absolute atomic E-state index is 0.196. The van der Waals surface area contributed by atoms with E-state index in [4.69, 9.17) is 11.6 Å². The molecule has 1 aliphatic rings. The lowest BCUT2D eigenvalue weighted by molar-refractivity contribution is -0.117. The van der Waals surface area contributed by atoms with Crippen LogP contribution < -0.4 is 10.9 Å². The Morgan fingerprint density at radius 1 is 1.12 bits per heavy atom. The SMILES string of the molecule is Cc1ccc(-n2ncc3c(C4CC4)nn(CC(=O)Nc4ccc(C)c(Cl)c4)c(=O)c32)c(C)c1. The van der Waals surface area contributed by atoms with Crippen LogP contribution >= 0.6 is 11.6 Å². The van der Waals surface area contributed by atoms with Crippen LogP contribution in [-0.2, 0) is 11.3 Å². The molecule has 0 bridgehead atoms. The summed E-state index contributed by atoms with van der Waals surface area (Å²) >= 11 is 6.17. The van der Waals surface area contributed by atoms with Crippen LogP contribution in [0.5, 0.6) is 0 Å². The van der Waals surface area contributed by atoms with Crippen LogP contribution in [0.3, 0.4) is 0 Å². The number of carbonyl (C=O) groups excluding carboxylic acids is 1. The number of fused-ring (bicyclic) bond motifs is 1. The lowest BCUT2D eigenvalue weighted by Gasteiger charge is -2.12. The van der Waals surface area contributed by atoms with Gasteiger partial charge in [-0.2, -0.15) is 10.2 Å². The maximum absolute atomic E-state index is 13.5. The molecule has 0 saturated heterocycles. The van der Waals surface area contributed by atoms with E-state index < -0.39 is 0 Å². The third-order valence-electron chi connectivity index (χ3n) is 6.00. The van der Waals surface area contributed by atoms with E-state index >= 15 is 0 Å². The Kier molecular flexibility index (Phi) is 5.29. The summed E-state index contributed by atoms with van der Waals surface area (Å²) < 4.78 is 2.93. The lowest BCUT2D eigenvalue weighted by atomic mass is 10.1. The van der Waals surface area contributed by atoms with Gasteiger partial charge in [0.2, 0.25) is 5.91 Å².